The summed E-state index contributed by atoms with van der Waals surface area (Å²) in [6, 6.07) is 4.18. The van der Waals surface area contributed by atoms with Gasteiger partial charge in [-0.25, -0.2) is 4.39 Å². The Labute approximate surface area is 105 Å². The average Bonchev–Trinajstić information content (AvgIpc) is 2.34. The Balaban J connectivity index is 2.21. The van der Waals surface area contributed by atoms with E-state index in [1.165, 1.54) is 12.1 Å². The van der Waals surface area contributed by atoms with Gasteiger partial charge in [-0.2, -0.15) is 0 Å². The van der Waals surface area contributed by atoms with Crippen molar-refractivity contribution in [1.82, 2.24) is 10.2 Å². The van der Waals surface area contributed by atoms with Crippen LogP contribution in [0, 0.1) is 5.82 Å². The van der Waals surface area contributed by atoms with Crippen molar-refractivity contribution in [3.05, 3.63) is 34.6 Å². The Hall–Kier alpha value is -0.680. The van der Waals surface area contributed by atoms with Crippen LogP contribution < -0.4 is 5.32 Å². The fourth-order valence-corrected chi connectivity index (χ4v) is 2.47. The standard InChI is InChI=1S/C12H16ClFN2O/c13-11-7-9(14)1-2-10(11)12(8-17)16-5-3-15-4-6-16/h1-2,7,12,15,17H,3-6,8H2. The van der Waals surface area contributed by atoms with Crippen LogP contribution in [0.3, 0.4) is 0 Å². The number of aliphatic hydroxyl groups is 1. The van der Waals surface area contributed by atoms with E-state index in [1.807, 2.05) is 0 Å². The number of nitrogens with zero attached hydrogens (tertiary/aromatic N) is 1. The van der Waals surface area contributed by atoms with Crippen LogP contribution in [0.25, 0.3) is 0 Å². The van der Waals surface area contributed by atoms with Gasteiger partial charge in [-0.05, 0) is 17.7 Å². The summed E-state index contributed by atoms with van der Waals surface area (Å²) in [5.41, 5.74) is 0.789. The molecule has 1 heterocycles. The Bertz CT molecular complexity index is 383. The number of hydrogen-bond acceptors (Lipinski definition) is 3. The van der Waals surface area contributed by atoms with Gasteiger partial charge in [0.25, 0.3) is 0 Å². The summed E-state index contributed by atoms with van der Waals surface area (Å²) in [4.78, 5) is 2.16. The Kier molecular flexibility index (Phi) is 4.34. The van der Waals surface area contributed by atoms with Gasteiger partial charge in [0.1, 0.15) is 5.82 Å². The molecule has 94 valence electrons. The smallest absolute Gasteiger partial charge is 0.124 e. The van der Waals surface area contributed by atoms with Crippen molar-refractivity contribution in [3.8, 4) is 0 Å². The van der Waals surface area contributed by atoms with Gasteiger partial charge in [-0.1, -0.05) is 17.7 Å². The van der Waals surface area contributed by atoms with Gasteiger partial charge in [0.15, 0.2) is 0 Å². The van der Waals surface area contributed by atoms with Crippen molar-refractivity contribution in [2.24, 2.45) is 0 Å². The van der Waals surface area contributed by atoms with E-state index in [0.29, 0.717) is 5.02 Å². The lowest BCUT2D eigenvalue weighted by Crippen LogP contribution is -2.46. The van der Waals surface area contributed by atoms with Crippen molar-refractivity contribution >= 4 is 11.6 Å². The molecule has 1 saturated heterocycles. The van der Waals surface area contributed by atoms with E-state index >= 15 is 0 Å². The molecule has 3 nitrogen and oxygen atoms in total. The van der Waals surface area contributed by atoms with Crippen LogP contribution in [0.1, 0.15) is 11.6 Å². The third-order valence-electron chi connectivity index (χ3n) is 3.09. The molecule has 1 atom stereocenters. The lowest BCUT2D eigenvalue weighted by molar-refractivity contribution is 0.111. The number of nitrogens with one attached hydrogen (secondary N) is 1. The van der Waals surface area contributed by atoms with Gasteiger partial charge in [-0.3, -0.25) is 4.90 Å². The molecule has 0 bridgehead atoms. The molecular weight excluding hydrogens is 243 g/mol. The van der Waals surface area contributed by atoms with Gasteiger partial charge in [0.05, 0.1) is 12.6 Å². The van der Waals surface area contributed by atoms with Gasteiger partial charge in [0, 0.05) is 31.2 Å². The number of hydrogen-bond donors (Lipinski definition) is 2. The van der Waals surface area contributed by atoms with Gasteiger partial charge in [-0.15, -0.1) is 0 Å². The van der Waals surface area contributed by atoms with Crippen molar-refractivity contribution in [2.75, 3.05) is 32.8 Å². The number of aliphatic hydroxyl groups excluding tert-OH is 1. The molecule has 5 heteroatoms. The summed E-state index contributed by atoms with van der Waals surface area (Å²) in [5.74, 6) is -0.351. The molecule has 0 spiro atoms. The van der Waals surface area contributed by atoms with E-state index in [4.69, 9.17) is 11.6 Å². The molecule has 0 amide bonds. The highest BCUT2D eigenvalue weighted by Gasteiger charge is 2.23. The number of benzene rings is 1. The SMILES string of the molecule is OCC(c1ccc(F)cc1Cl)N1CCNCC1. The molecule has 1 aliphatic heterocycles. The Morgan fingerprint density at radius 1 is 1.41 bits per heavy atom. The minimum Gasteiger partial charge on any atom is -0.394 e. The zero-order chi connectivity index (χ0) is 12.3. The minimum atomic E-state index is -0.351. The number of halogens is 2. The predicted octanol–water partition coefficient (Wildman–Crippen LogP) is 1.42. The van der Waals surface area contributed by atoms with E-state index < -0.39 is 0 Å². The summed E-state index contributed by atoms with van der Waals surface area (Å²) >= 11 is 6.03. The van der Waals surface area contributed by atoms with Crippen LogP contribution in [0.15, 0.2) is 18.2 Å². The highest BCUT2D eigenvalue weighted by Crippen LogP contribution is 2.28. The maximum absolute atomic E-state index is 13.0. The molecule has 1 fully saturated rings. The third kappa shape index (κ3) is 2.96. The molecular formula is C12H16ClFN2O. The second kappa shape index (κ2) is 5.78. The van der Waals surface area contributed by atoms with Crippen LogP contribution >= 0.6 is 11.6 Å². The first kappa shape index (κ1) is 12.8. The largest absolute Gasteiger partial charge is 0.394 e. The number of piperazine rings is 1. The quantitative estimate of drug-likeness (QED) is 0.861. The molecule has 0 aliphatic carbocycles. The number of rotatable bonds is 3. The maximum Gasteiger partial charge on any atom is 0.124 e. The van der Waals surface area contributed by atoms with Crippen LogP contribution in [-0.4, -0.2) is 42.8 Å². The molecule has 0 radical (unpaired) electrons. The third-order valence-corrected chi connectivity index (χ3v) is 3.41. The summed E-state index contributed by atoms with van der Waals surface area (Å²) in [7, 11) is 0. The normalized spacial score (nSPS) is 19.2. The Morgan fingerprint density at radius 2 is 2.12 bits per heavy atom. The zero-order valence-corrected chi connectivity index (χ0v) is 10.3. The van der Waals surface area contributed by atoms with E-state index in [1.54, 1.807) is 6.07 Å². The molecule has 0 saturated carbocycles. The molecule has 0 aromatic heterocycles. The molecule has 2 rings (SSSR count). The summed E-state index contributed by atoms with van der Waals surface area (Å²) in [5, 5.41) is 13.1. The molecule has 2 N–H and O–H groups in total. The Morgan fingerprint density at radius 3 is 2.71 bits per heavy atom. The first-order chi connectivity index (χ1) is 8.22. The summed E-state index contributed by atoms with van der Waals surface area (Å²) in [6.07, 6.45) is 0. The van der Waals surface area contributed by atoms with Gasteiger partial charge in [0.2, 0.25) is 0 Å². The van der Waals surface area contributed by atoms with E-state index in [0.717, 1.165) is 31.7 Å². The lowest BCUT2D eigenvalue weighted by Gasteiger charge is -2.34. The highest BCUT2D eigenvalue weighted by atomic mass is 35.5. The summed E-state index contributed by atoms with van der Waals surface area (Å²) in [6.45, 7) is 3.51. The van der Waals surface area contributed by atoms with E-state index in [-0.39, 0.29) is 18.5 Å². The first-order valence-electron chi connectivity index (χ1n) is 5.73. The van der Waals surface area contributed by atoms with Crippen LogP contribution in [0.5, 0.6) is 0 Å². The van der Waals surface area contributed by atoms with E-state index in [2.05, 4.69) is 10.2 Å². The van der Waals surface area contributed by atoms with E-state index in [9.17, 15) is 9.50 Å². The monoisotopic (exact) mass is 258 g/mol. The minimum absolute atomic E-state index is 0.00858. The highest BCUT2D eigenvalue weighted by molar-refractivity contribution is 6.31. The van der Waals surface area contributed by atoms with Gasteiger partial charge < -0.3 is 10.4 Å². The predicted molar refractivity (Wildman–Crippen MR) is 65.7 cm³/mol. The van der Waals surface area contributed by atoms with Crippen LogP contribution in [0.4, 0.5) is 4.39 Å². The van der Waals surface area contributed by atoms with Crippen LogP contribution in [0.2, 0.25) is 5.02 Å². The van der Waals surface area contributed by atoms with Gasteiger partial charge >= 0.3 is 0 Å². The van der Waals surface area contributed by atoms with Crippen LogP contribution in [-0.2, 0) is 0 Å². The van der Waals surface area contributed by atoms with Crippen molar-refractivity contribution in [3.63, 3.8) is 0 Å². The fraction of sp³-hybridized carbons (Fsp3) is 0.500. The van der Waals surface area contributed by atoms with Crippen molar-refractivity contribution in [2.45, 2.75) is 6.04 Å². The van der Waals surface area contributed by atoms with Crippen molar-refractivity contribution in [1.29, 1.82) is 0 Å². The molecule has 1 aliphatic rings. The maximum atomic E-state index is 13.0. The topological polar surface area (TPSA) is 35.5 Å². The average molecular weight is 259 g/mol. The molecule has 1 unspecified atom stereocenters. The molecule has 1 aromatic rings. The first-order valence-corrected chi connectivity index (χ1v) is 6.10. The lowest BCUT2D eigenvalue weighted by atomic mass is 10.0. The zero-order valence-electron chi connectivity index (χ0n) is 9.50. The summed E-state index contributed by atoms with van der Waals surface area (Å²) < 4.78 is 13.0. The second-order valence-electron chi connectivity index (χ2n) is 4.15. The molecule has 17 heavy (non-hydrogen) atoms. The molecule has 1 aromatic carbocycles. The second-order valence-corrected chi connectivity index (χ2v) is 4.56. The fourth-order valence-electron chi connectivity index (χ4n) is 2.18. The van der Waals surface area contributed by atoms with Crippen molar-refractivity contribution < 1.29 is 9.50 Å².